The lowest BCUT2D eigenvalue weighted by atomic mass is 9.96. The molecule has 1 N–H and O–H groups in total. The fourth-order valence-electron chi connectivity index (χ4n) is 4.91. The second kappa shape index (κ2) is 12.1. The highest BCUT2D eigenvalue weighted by atomic mass is 16.2. The summed E-state index contributed by atoms with van der Waals surface area (Å²) in [6.07, 6.45) is 15.6. The van der Waals surface area contributed by atoms with Gasteiger partial charge in [-0.2, -0.15) is 0 Å². The van der Waals surface area contributed by atoms with Gasteiger partial charge in [-0.25, -0.2) is 0 Å². The smallest absolute Gasteiger partial charge is 0.259 e. The van der Waals surface area contributed by atoms with Crippen molar-refractivity contribution in [1.29, 1.82) is 0 Å². The summed E-state index contributed by atoms with van der Waals surface area (Å²) in [4.78, 5) is 46.5. The average molecular weight is 479 g/mol. The average Bonchev–Trinajstić information content (AvgIpc) is 3.66. The molecule has 0 unspecified atom stereocenters. The maximum atomic E-state index is 13.5. The molecule has 2 fully saturated rings. The van der Waals surface area contributed by atoms with E-state index >= 15 is 0 Å². The second-order valence-electron chi connectivity index (χ2n) is 10.1. The predicted molar refractivity (Wildman–Crippen MR) is 137 cm³/mol. The van der Waals surface area contributed by atoms with E-state index in [4.69, 9.17) is 0 Å². The third-order valence-corrected chi connectivity index (χ3v) is 7.02. The summed E-state index contributed by atoms with van der Waals surface area (Å²) >= 11 is 0. The molecule has 2 aliphatic carbocycles. The second-order valence-corrected chi connectivity index (χ2v) is 10.1. The number of pyridine rings is 2. The van der Waals surface area contributed by atoms with Crippen LogP contribution in [0.3, 0.4) is 0 Å². The van der Waals surface area contributed by atoms with Crippen LogP contribution in [0.2, 0.25) is 0 Å². The molecule has 7 heteroatoms. The minimum atomic E-state index is -0.479. The molecule has 0 aromatic carbocycles. The fraction of sp³-hybridized carbons (Fsp3) is 0.571. The predicted octanol–water partition coefficient (Wildman–Crippen LogP) is 4.40. The van der Waals surface area contributed by atoms with Gasteiger partial charge < -0.3 is 14.8 Å². The Balaban J connectivity index is 1.64. The van der Waals surface area contributed by atoms with Gasteiger partial charge in [0.2, 0.25) is 5.43 Å². The molecule has 0 aliphatic heterocycles. The molecule has 7 nitrogen and oxygen atoms in total. The van der Waals surface area contributed by atoms with Crippen LogP contribution in [0.5, 0.6) is 0 Å². The summed E-state index contributed by atoms with van der Waals surface area (Å²) in [5, 5.41) is 3.10. The van der Waals surface area contributed by atoms with Crippen molar-refractivity contribution < 1.29 is 9.59 Å². The van der Waals surface area contributed by atoms with Gasteiger partial charge in [0.05, 0.1) is 12.2 Å². The number of hydrogen-bond acceptors (Lipinski definition) is 4. The van der Waals surface area contributed by atoms with Crippen molar-refractivity contribution in [3.05, 3.63) is 63.8 Å². The Hall–Kier alpha value is -2.96. The zero-order valence-electron chi connectivity index (χ0n) is 20.9. The van der Waals surface area contributed by atoms with E-state index < -0.39 is 5.43 Å². The summed E-state index contributed by atoms with van der Waals surface area (Å²) in [5.41, 5.74) is 0.425. The van der Waals surface area contributed by atoms with Gasteiger partial charge in [0, 0.05) is 37.7 Å². The van der Waals surface area contributed by atoms with Crippen LogP contribution in [0.15, 0.2) is 41.6 Å². The van der Waals surface area contributed by atoms with E-state index in [1.807, 2.05) is 25.1 Å². The number of rotatable bonds is 9. The first kappa shape index (κ1) is 25.1. The van der Waals surface area contributed by atoms with Crippen molar-refractivity contribution in [2.75, 3.05) is 13.1 Å². The molecule has 4 rings (SSSR count). The topological polar surface area (TPSA) is 84.3 Å². The quantitative estimate of drug-likeness (QED) is 0.579. The first-order chi connectivity index (χ1) is 17.0. The molecule has 0 saturated heterocycles. The lowest BCUT2D eigenvalue weighted by molar-refractivity contribution is 0.0745. The van der Waals surface area contributed by atoms with Gasteiger partial charge in [0.25, 0.3) is 11.8 Å². The van der Waals surface area contributed by atoms with Crippen LogP contribution >= 0.6 is 0 Å². The maximum absolute atomic E-state index is 13.5. The fourth-order valence-corrected chi connectivity index (χ4v) is 4.91. The molecule has 2 aromatic rings. The lowest BCUT2D eigenvalue weighted by Gasteiger charge is -2.23. The SMILES string of the molecule is CCCN(CC1CC1)C(=O)c1cn(Cc2ccccn2)cc(C(=O)NC2CCCCCCC2)c1=O. The van der Waals surface area contributed by atoms with E-state index in [9.17, 15) is 14.4 Å². The number of carbonyl (C=O) groups excluding carboxylic acids is 2. The molecule has 0 radical (unpaired) electrons. The van der Waals surface area contributed by atoms with Crippen LogP contribution in [-0.4, -0.2) is 45.4 Å². The Labute approximate surface area is 207 Å². The summed E-state index contributed by atoms with van der Waals surface area (Å²) in [6, 6.07) is 5.71. The Kier molecular flexibility index (Phi) is 8.72. The van der Waals surface area contributed by atoms with Crippen LogP contribution in [0.25, 0.3) is 0 Å². The molecule has 35 heavy (non-hydrogen) atoms. The maximum Gasteiger partial charge on any atom is 0.259 e. The minimum Gasteiger partial charge on any atom is -0.349 e. The molecule has 2 aliphatic rings. The van der Waals surface area contributed by atoms with Crippen molar-refractivity contribution >= 4 is 11.8 Å². The van der Waals surface area contributed by atoms with Crippen LogP contribution in [0.4, 0.5) is 0 Å². The third kappa shape index (κ3) is 7.03. The summed E-state index contributed by atoms with van der Waals surface area (Å²) in [6.45, 7) is 3.69. The van der Waals surface area contributed by atoms with Gasteiger partial charge in [-0.05, 0) is 50.2 Å². The number of aromatic nitrogens is 2. The van der Waals surface area contributed by atoms with Gasteiger partial charge in [-0.3, -0.25) is 19.4 Å². The van der Waals surface area contributed by atoms with Crippen molar-refractivity contribution in [3.63, 3.8) is 0 Å². The van der Waals surface area contributed by atoms with E-state index in [-0.39, 0.29) is 29.0 Å². The Morgan fingerprint density at radius 3 is 2.40 bits per heavy atom. The monoisotopic (exact) mass is 478 g/mol. The van der Waals surface area contributed by atoms with Gasteiger partial charge in [-0.1, -0.05) is 45.1 Å². The standard InChI is InChI=1S/C28H38N4O3/c1-2-16-32(17-21-13-14-21)28(35)25-20-31(18-23-12-8-9-15-29-23)19-24(26(25)33)27(34)30-22-10-6-4-3-5-7-11-22/h8-9,12,15,19-22H,2-7,10-11,13-14,16-18H2,1H3,(H,30,34). The van der Waals surface area contributed by atoms with E-state index in [0.29, 0.717) is 25.6 Å². The minimum absolute atomic E-state index is 0.0386. The van der Waals surface area contributed by atoms with E-state index in [1.54, 1.807) is 28.1 Å². The lowest BCUT2D eigenvalue weighted by Crippen LogP contribution is -2.41. The van der Waals surface area contributed by atoms with Crippen molar-refractivity contribution in [1.82, 2.24) is 19.8 Å². The molecule has 0 bridgehead atoms. The van der Waals surface area contributed by atoms with E-state index in [0.717, 1.165) is 50.6 Å². The molecule has 2 saturated carbocycles. The van der Waals surface area contributed by atoms with Crippen LogP contribution < -0.4 is 10.7 Å². The molecule has 0 spiro atoms. The van der Waals surface area contributed by atoms with Crippen LogP contribution in [-0.2, 0) is 6.54 Å². The summed E-state index contributed by atoms with van der Waals surface area (Å²) in [5.74, 6) is -0.139. The van der Waals surface area contributed by atoms with Crippen molar-refractivity contribution in [2.45, 2.75) is 83.7 Å². The first-order valence-corrected chi connectivity index (χ1v) is 13.3. The number of hydrogen-bond donors (Lipinski definition) is 1. The molecule has 2 heterocycles. The Morgan fingerprint density at radius 2 is 1.74 bits per heavy atom. The van der Waals surface area contributed by atoms with Gasteiger partial charge in [0.15, 0.2) is 0 Å². The van der Waals surface area contributed by atoms with E-state index in [1.165, 1.54) is 19.3 Å². The van der Waals surface area contributed by atoms with Crippen LogP contribution in [0, 0.1) is 5.92 Å². The number of nitrogens with zero attached hydrogens (tertiary/aromatic N) is 3. The normalized spacial score (nSPS) is 16.8. The molecule has 2 amide bonds. The van der Waals surface area contributed by atoms with E-state index in [2.05, 4.69) is 10.3 Å². The van der Waals surface area contributed by atoms with Gasteiger partial charge >= 0.3 is 0 Å². The molecule has 0 atom stereocenters. The third-order valence-electron chi connectivity index (χ3n) is 7.02. The molecule has 188 valence electrons. The number of nitrogens with one attached hydrogen (secondary N) is 1. The highest BCUT2D eigenvalue weighted by Crippen LogP contribution is 2.30. The highest BCUT2D eigenvalue weighted by Gasteiger charge is 2.29. The van der Waals surface area contributed by atoms with Gasteiger partial charge in [-0.15, -0.1) is 0 Å². The Morgan fingerprint density at radius 1 is 1.03 bits per heavy atom. The summed E-state index contributed by atoms with van der Waals surface area (Å²) in [7, 11) is 0. The summed E-state index contributed by atoms with van der Waals surface area (Å²) < 4.78 is 1.76. The highest BCUT2D eigenvalue weighted by molar-refractivity contribution is 5.99. The van der Waals surface area contributed by atoms with Crippen LogP contribution in [0.1, 0.15) is 97.5 Å². The molecular formula is C28H38N4O3. The molecule has 2 aromatic heterocycles. The first-order valence-electron chi connectivity index (χ1n) is 13.3. The van der Waals surface area contributed by atoms with Gasteiger partial charge in [0.1, 0.15) is 11.1 Å². The number of carbonyl (C=O) groups is 2. The Bertz CT molecular complexity index is 1050. The largest absolute Gasteiger partial charge is 0.349 e. The molecular weight excluding hydrogens is 440 g/mol. The zero-order valence-corrected chi connectivity index (χ0v) is 20.9. The zero-order chi connectivity index (χ0) is 24.6. The van der Waals surface area contributed by atoms with Crippen molar-refractivity contribution in [2.24, 2.45) is 5.92 Å². The number of amides is 2. The van der Waals surface area contributed by atoms with Crippen molar-refractivity contribution in [3.8, 4) is 0 Å².